The Bertz CT molecular complexity index is 671. The Kier molecular flexibility index (Phi) is 2.80. The van der Waals surface area contributed by atoms with Crippen LogP contribution >= 0.6 is 0 Å². The van der Waals surface area contributed by atoms with E-state index in [1.807, 2.05) is 30.3 Å². The molecule has 3 heteroatoms. The van der Waals surface area contributed by atoms with E-state index in [0.717, 1.165) is 16.7 Å². The molecule has 2 aromatic carbocycles. The van der Waals surface area contributed by atoms with Crippen molar-refractivity contribution >= 4 is 17.6 Å². The van der Waals surface area contributed by atoms with Crippen molar-refractivity contribution in [2.75, 3.05) is 0 Å². The van der Waals surface area contributed by atoms with Crippen LogP contribution in [0.3, 0.4) is 0 Å². The summed E-state index contributed by atoms with van der Waals surface area (Å²) in [5.41, 5.74) is 3.17. The Morgan fingerprint density at radius 3 is 2.79 bits per heavy atom. The number of hydrogen-bond acceptors (Lipinski definition) is 3. The van der Waals surface area contributed by atoms with Gasteiger partial charge < -0.3 is 9.84 Å². The van der Waals surface area contributed by atoms with E-state index in [2.05, 4.69) is 0 Å². The first-order valence-corrected chi connectivity index (χ1v) is 6.00. The second kappa shape index (κ2) is 4.61. The van der Waals surface area contributed by atoms with E-state index in [1.54, 1.807) is 24.3 Å². The Balaban J connectivity index is 2.11. The third-order valence-corrected chi connectivity index (χ3v) is 3.07. The number of aromatic hydroxyl groups is 1. The molecule has 0 aliphatic carbocycles. The van der Waals surface area contributed by atoms with Crippen molar-refractivity contribution in [3.05, 3.63) is 65.2 Å². The van der Waals surface area contributed by atoms with E-state index < -0.39 is 0 Å². The largest absolute Gasteiger partial charge is 0.508 e. The van der Waals surface area contributed by atoms with Gasteiger partial charge in [0.1, 0.15) is 12.4 Å². The van der Waals surface area contributed by atoms with Crippen LogP contribution in [0.25, 0.3) is 11.6 Å². The smallest absolute Gasteiger partial charge is 0.339 e. The fourth-order valence-electron chi connectivity index (χ4n) is 2.16. The maximum Gasteiger partial charge on any atom is 0.339 e. The van der Waals surface area contributed by atoms with Crippen LogP contribution in [-0.2, 0) is 16.1 Å². The van der Waals surface area contributed by atoms with Gasteiger partial charge in [-0.05, 0) is 34.9 Å². The summed E-state index contributed by atoms with van der Waals surface area (Å²) in [7, 11) is 0. The number of carbonyl (C=O) groups is 1. The fraction of sp³-hybridized carbons (Fsp3) is 0.0625. The molecular weight excluding hydrogens is 240 g/mol. The third-order valence-electron chi connectivity index (χ3n) is 3.07. The van der Waals surface area contributed by atoms with E-state index in [9.17, 15) is 9.90 Å². The van der Waals surface area contributed by atoms with Gasteiger partial charge >= 0.3 is 5.97 Å². The Hall–Kier alpha value is -2.55. The molecule has 1 aliphatic heterocycles. The molecule has 1 heterocycles. The van der Waals surface area contributed by atoms with Crippen LogP contribution in [0.15, 0.2) is 48.5 Å². The molecule has 94 valence electrons. The first kappa shape index (κ1) is 11.5. The minimum absolute atomic E-state index is 0.173. The van der Waals surface area contributed by atoms with Gasteiger partial charge in [0.2, 0.25) is 0 Å². The first-order valence-electron chi connectivity index (χ1n) is 6.00. The van der Waals surface area contributed by atoms with Crippen LogP contribution < -0.4 is 0 Å². The van der Waals surface area contributed by atoms with Gasteiger partial charge in [-0.1, -0.05) is 36.4 Å². The summed E-state index contributed by atoms with van der Waals surface area (Å²) < 4.78 is 5.15. The molecule has 0 atom stereocenters. The fourth-order valence-corrected chi connectivity index (χ4v) is 2.16. The highest BCUT2D eigenvalue weighted by atomic mass is 16.5. The van der Waals surface area contributed by atoms with E-state index in [1.165, 1.54) is 0 Å². The standard InChI is InChI=1S/C16H12O3/c17-13-6-3-4-11(8-13)9-15-14-7-2-1-5-12(14)10-19-16(15)18/h1-9,17H,10H2. The van der Waals surface area contributed by atoms with Crippen molar-refractivity contribution in [2.45, 2.75) is 6.61 Å². The number of cyclic esters (lactones) is 1. The van der Waals surface area contributed by atoms with Crippen molar-refractivity contribution in [1.82, 2.24) is 0 Å². The number of carbonyl (C=O) groups excluding carboxylic acids is 1. The summed E-state index contributed by atoms with van der Waals surface area (Å²) in [5, 5.41) is 9.46. The van der Waals surface area contributed by atoms with Gasteiger partial charge in [-0.2, -0.15) is 0 Å². The molecule has 0 aromatic heterocycles. The average molecular weight is 252 g/mol. The molecule has 0 saturated carbocycles. The van der Waals surface area contributed by atoms with Crippen molar-refractivity contribution in [3.8, 4) is 5.75 Å². The normalized spacial score (nSPS) is 16.0. The number of ether oxygens (including phenoxy) is 1. The lowest BCUT2D eigenvalue weighted by Gasteiger charge is -2.18. The van der Waals surface area contributed by atoms with E-state index >= 15 is 0 Å². The lowest BCUT2D eigenvalue weighted by atomic mass is 9.96. The SMILES string of the molecule is O=C1OCc2ccccc2C1=Cc1cccc(O)c1. The molecule has 0 saturated heterocycles. The molecule has 0 spiro atoms. The van der Waals surface area contributed by atoms with Crippen LogP contribution in [0.1, 0.15) is 16.7 Å². The quantitative estimate of drug-likeness (QED) is 0.627. The van der Waals surface area contributed by atoms with Gasteiger partial charge in [0, 0.05) is 0 Å². The number of phenolic OH excluding ortho intramolecular Hbond substituents is 1. The number of phenols is 1. The third kappa shape index (κ3) is 2.22. The van der Waals surface area contributed by atoms with Crippen LogP contribution in [0.4, 0.5) is 0 Å². The van der Waals surface area contributed by atoms with Crippen molar-refractivity contribution < 1.29 is 14.6 Å². The minimum Gasteiger partial charge on any atom is -0.508 e. The lowest BCUT2D eigenvalue weighted by Crippen LogP contribution is -2.15. The summed E-state index contributed by atoms with van der Waals surface area (Å²) in [6.45, 7) is 0.312. The van der Waals surface area contributed by atoms with Gasteiger partial charge in [0.15, 0.2) is 0 Å². The molecule has 3 nitrogen and oxygen atoms in total. The zero-order valence-corrected chi connectivity index (χ0v) is 10.2. The molecule has 0 bridgehead atoms. The molecule has 0 amide bonds. The number of fused-ring (bicyclic) bond motifs is 1. The molecular formula is C16H12O3. The summed E-state index contributed by atoms with van der Waals surface area (Å²) >= 11 is 0. The highest BCUT2D eigenvalue weighted by Crippen LogP contribution is 2.28. The molecule has 1 aliphatic rings. The monoisotopic (exact) mass is 252 g/mol. The van der Waals surface area contributed by atoms with Crippen LogP contribution in [0.5, 0.6) is 5.75 Å². The number of rotatable bonds is 1. The maximum absolute atomic E-state index is 11.9. The Morgan fingerprint density at radius 1 is 1.11 bits per heavy atom. The molecule has 0 radical (unpaired) electrons. The predicted molar refractivity (Wildman–Crippen MR) is 72.2 cm³/mol. The van der Waals surface area contributed by atoms with E-state index in [-0.39, 0.29) is 11.7 Å². The second-order valence-corrected chi connectivity index (χ2v) is 4.39. The van der Waals surface area contributed by atoms with Crippen molar-refractivity contribution in [2.24, 2.45) is 0 Å². The number of hydrogen-bond donors (Lipinski definition) is 1. The molecule has 0 unspecified atom stereocenters. The lowest BCUT2D eigenvalue weighted by molar-refractivity contribution is -0.138. The maximum atomic E-state index is 11.9. The van der Waals surface area contributed by atoms with Crippen LogP contribution in [0, 0.1) is 0 Å². The molecule has 1 N–H and O–H groups in total. The molecule has 3 rings (SSSR count). The van der Waals surface area contributed by atoms with Gasteiger partial charge in [0.05, 0.1) is 5.57 Å². The predicted octanol–water partition coefficient (Wildman–Crippen LogP) is 2.99. The zero-order valence-electron chi connectivity index (χ0n) is 10.2. The van der Waals surface area contributed by atoms with Crippen LogP contribution in [-0.4, -0.2) is 11.1 Å². The van der Waals surface area contributed by atoms with E-state index in [0.29, 0.717) is 12.2 Å². The highest BCUT2D eigenvalue weighted by Gasteiger charge is 2.22. The van der Waals surface area contributed by atoms with Gasteiger partial charge in [0.25, 0.3) is 0 Å². The topological polar surface area (TPSA) is 46.5 Å². The minimum atomic E-state index is -0.331. The second-order valence-electron chi connectivity index (χ2n) is 4.39. The number of benzene rings is 2. The molecule has 0 fully saturated rings. The first-order chi connectivity index (χ1) is 9.24. The van der Waals surface area contributed by atoms with Gasteiger partial charge in [-0.15, -0.1) is 0 Å². The van der Waals surface area contributed by atoms with Gasteiger partial charge in [-0.3, -0.25) is 0 Å². The van der Waals surface area contributed by atoms with Crippen molar-refractivity contribution in [3.63, 3.8) is 0 Å². The van der Waals surface area contributed by atoms with Crippen molar-refractivity contribution in [1.29, 1.82) is 0 Å². The van der Waals surface area contributed by atoms with Crippen LogP contribution in [0.2, 0.25) is 0 Å². The Morgan fingerprint density at radius 2 is 1.95 bits per heavy atom. The van der Waals surface area contributed by atoms with Gasteiger partial charge in [-0.25, -0.2) is 4.79 Å². The number of esters is 1. The van der Waals surface area contributed by atoms with E-state index in [4.69, 9.17) is 4.74 Å². The summed E-state index contributed by atoms with van der Waals surface area (Å²) in [5.74, 6) is -0.158. The highest BCUT2D eigenvalue weighted by molar-refractivity contribution is 6.22. The summed E-state index contributed by atoms with van der Waals surface area (Å²) in [4.78, 5) is 11.9. The zero-order chi connectivity index (χ0) is 13.2. The summed E-state index contributed by atoms with van der Waals surface area (Å²) in [6.07, 6.45) is 1.74. The summed E-state index contributed by atoms with van der Waals surface area (Å²) in [6, 6.07) is 14.4. The Labute approximate surface area is 110 Å². The molecule has 2 aromatic rings. The average Bonchev–Trinajstić information content (AvgIpc) is 2.42. The molecule has 19 heavy (non-hydrogen) atoms.